The topological polar surface area (TPSA) is 38.7 Å². The Hall–Kier alpha value is -0.683. The van der Waals surface area contributed by atoms with Crippen molar-refractivity contribution in [2.24, 2.45) is 0 Å². The molecule has 0 radical (unpaired) electrons. The molecule has 1 N–H and O–H groups in total. The van der Waals surface area contributed by atoms with E-state index in [0.29, 0.717) is 0 Å². The third kappa shape index (κ3) is 3.72. The molecule has 3 unspecified atom stereocenters. The molecule has 4 heteroatoms. The van der Waals surface area contributed by atoms with Crippen LogP contribution >= 0.6 is 0 Å². The SMILES string of the molecule is CC[SiH](OC(C)OC)C(O)c1ccccc1. The summed E-state index contributed by atoms with van der Waals surface area (Å²) >= 11 is 0. The molecule has 1 aromatic rings. The molecule has 3 nitrogen and oxygen atoms in total. The van der Waals surface area contributed by atoms with Gasteiger partial charge in [-0.2, -0.15) is 0 Å². The molecule has 0 amide bonds. The van der Waals surface area contributed by atoms with Crippen molar-refractivity contribution >= 4 is 9.04 Å². The summed E-state index contributed by atoms with van der Waals surface area (Å²) in [5.74, 6) is 0. The molecule has 3 atom stereocenters. The number of hydrogen-bond acceptors (Lipinski definition) is 3. The van der Waals surface area contributed by atoms with Crippen LogP contribution in [0.4, 0.5) is 0 Å². The van der Waals surface area contributed by atoms with E-state index in [9.17, 15) is 5.11 Å². The van der Waals surface area contributed by atoms with Gasteiger partial charge in [-0.05, 0) is 18.5 Å². The molecule has 0 fully saturated rings. The maximum atomic E-state index is 10.2. The molecule has 0 saturated carbocycles. The first kappa shape index (κ1) is 13.4. The van der Waals surface area contributed by atoms with Crippen molar-refractivity contribution in [1.82, 2.24) is 0 Å². The lowest BCUT2D eigenvalue weighted by Crippen LogP contribution is -2.31. The van der Waals surface area contributed by atoms with E-state index in [1.165, 1.54) is 0 Å². The first-order chi connectivity index (χ1) is 7.69. The van der Waals surface area contributed by atoms with Gasteiger partial charge in [-0.1, -0.05) is 37.3 Å². The summed E-state index contributed by atoms with van der Waals surface area (Å²) in [4.78, 5) is 0. The molecular formula is C12H20O3Si. The van der Waals surface area contributed by atoms with Crippen molar-refractivity contribution in [1.29, 1.82) is 0 Å². The number of benzene rings is 1. The van der Waals surface area contributed by atoms with E-state index in [1.807, 2.05) is 44.2 Å². The van der Waals surface area contributed by atoms with Gasteiger partial charge in [-0.3, -0.25) is 0 Å². The van der Waals surface area contributed by atoms with Crippen LogP contribution < -0.4 is 0 Å². The molecule has 0 saturated heterocycles. The summed E-state index contributed by atoms with van der Waals surface area (Å²) in [6.07, 6.45) is -0.241. The molecule has 16 heavy (non-hydrogen) atoms. The van der Waals surface area contributed by atoms with E-state index in [4.69, 9.17) is 9.16 Å². The van der Waals surface area contributed by atoms with E-state index in [2.05, 4.69) is 0 Å². The number of hydrogen-bond donors (Lipinski definition) is 1. The lowest BCUT2D eigenvalue weighted by molar-refractivity contribution is -0.0467. The highest BCUT2D eigenvalue weighted by Crippen LogP contribution is 2.19. The lowest BCUT2D eigenvalue weighted by Gasteiger charge is -2.24. The van der Waals surface area contributed by atoms with E-state index in [1.54, 1.807) is 7.11 Å². The van der Waals surface area contributed by atoms with Gasteiger partial charge in [0, 0.05) is 7.11 Å². The van der Waals surface area contributed by atoms with E-state index in [-0.39, 0.29) is 6.29 Å². The second-order valence-corrected chi connectivity index (χ2v) is 6.54. The minimum atomic E-state index is -1.68. The molecule has 0 aliphatic carbocycles. The molecule has 0 aromatic heterocycles. The minimum absolute atomic E-state index is 0.241. The molecule has 1 rings (SSSR count). The summed E-state index contributed by atoms with van der Waals surface area (Å²) in [7, 11) is -0.0669. The number of rotatable bonds is 6. The quantitative estimate of drug-likeness (QED) is 0.610. The van der Waals surface area contributed by atoms with Gasteiger partial charge < -0.3 is 14.3 Å². The highest BCUT2D eigenvalue weighted by molar-refractivity contribution is 6.53. The van der Waals surface area contributed by atoms with Crippen molar-refractivity contribution in [2.75, 3.05) is 7.11 Å². The van der Waals surface area contributed by atoms with Gasteiger partial charge in [-0.25, -0.2) is 0 Å². The summed E-state index contributed by atoms with van der Waals surface area (Å²) in [5.41, 5.74) is 0.466. The van der Waals surface area contributed by atoms with Crippen LogP contribution in [0, 0.1) is 0 Å². The third-order valence-electron chi connectivity index (χ3n) is 2.59. The number of ether oxygens (including phenoxy) is 1. The first-order valence-corrected chi connectivity index (χ1v) is 7.55. The van der Waals surface area contributed by atoms with Gasteiger partial charge in [-0.15, -0.1) is 0 Å². The monoisotopic (exact) mass is 240 g/mol. The van der Waals surface area contributed by atoms with Gasteiger partial charge >= 0.3 is 0 Å². The molecule has 0 bridgehead atoms. The average molecular weight is 240 g/mol. The zero-order valence-electron chi connectivity index (χ0n) is 10.1. The summed E-state index contributed by atoms with van der Waals surface area (Å²) in [6.45, 7) is 3.90. The Morgan fingerprint density at radius 1 is 1.31 bits per heavy atom. The van der Waals surface area contributed by atoms with E-state index in [0.717, 1.165) is 11.6 Å². The van der Waals surface area contributed by atoms with E-state index >= 15 is 0 Å². The third-order valence-corrected chi connectivity index (χ3v) is 5.22. The summed E-state index contributed by atoms with van der Waals surface area (Å²) in [6, 6.07) is 10.5. The molecule has 90 valence electrons. The van der Waals surface area contributed by atoms with Crippen LogP contribution in [0.15, 0.2) is 30.3 Å². The standard InChI is InChI=1S/C12H20O3Si/c1-4-16(15-10(2)14-3)12(13)11-8-6-5-7-9-11/h5-10,12-13,16H,4H2,1-3H3. The fourth-order valence-corrected chi connectivity index (χ4v) is 3.60. The van der Waals surface area contributed by atoms with Crippen LogP contribution in [0.2, 0.25) is 6.04 Å². The van der Waals surface area contributed by atoms with Gasteiger partial charge in [0.15, 0.2) is 0 Å². The van der Waals surface area contributed by atoms with Gasteiger partial charge in [0.1, 0.15) is 6.29 Å². The van der Waals surface area contributed by atoms with Crippen molar-refractivity contribution < 1.29 is 14.3 Å². The maximum absolute atomic E-state index is 10.2. The highest BCUT2D eigenvalue weighted by atomic mass is 28.3. The average Bonchev–Trinajstić information content (AvgIpc) is 2.35. The second kappa shape index (κ2) is 6.80. The fourth-order valence-electron chi connectivity index (χ4n) is 1.56. The van der Waals surface area contributed by atoms with Gasteiger partial charge in [0.2, 0.25) is 9.04 Å². The van der Waals surface area contributed by atoms with Crippen LogP contribution in [-0.2, 0) is 9.16 Å². The van der Waals surface area contributed by atoms with Crippen LogP contribution in [0.1, 0.15) is 25.1 Å². The normalized spacial score (nSPS) is 16.8. The van der Waals surface area contributed by atoms with Crippen molar-refractivity contribution in [3.63, 3.8) is 0 Å². The summed E-state index contributed by atoms with van der Waals surface area (Å²) in [5, 5.41) is 10.2. The number of methoxy groups -OCH3 is 1. The van der Waals surface area contributed by atoms with Gasteiger partial charge in [0.25, 0.3) is 0 Å². The molecule has 0 aliphatic rings. The Labute approximate surface area is 98.7 Å². The Morgan fingerprint density at radius 2 is 1.94 bits per heavy atom. The minimum Gasteiger partial charge on any atom is -0.393 e. The predicted octanol–water partition coefficient (Wildman–Crippen LogP) is 2.01. The number of aliphatic hydroxyl groups excluding tert-OH is 1. The Balaban J connectivity index is 2.66. The number of aliphatic hydroxyl groups is 1. The molecular weight excluding hydrogens is 220 g/mol. The fraction of sp³-hybridized carbons (Fsp3) is 0.500. The zero-order valence-corrected chi connectivity index (χ0v) is 11.2. The van der Waals surface area contributed by atoms with Crippen LogP contribution in [0.25, 0.3) is 0 Å². The van der Waals surface area contributed by atoms with Crippen molar-refractivity contribution in [3.05, 3.63) is 35.9 Å². The molecule has 1 aromatic carbocycles. The van der Waals surface area contributed by atoms with Crippen molar-refractivity contribution in [2.45, 2.75) is 31.9 Å². The predicted molar refractivity (Wildman–Crippen MR) is 66.6 cm³/mol. The second-order valence-electron chi connectivity index (χ2n) is 3.74. The van der Waals surface area contributed by atoms with Crippen LogP contribution in [-0.4, -0.2) is 27.5 Å². The Bertz CT molecular complexity index is 292. The van der Waals surface area contributed by atoms with Crippen molar-refractivity contribution in [3.8, 4) is 0 Å². The molecule has 0 aliphatic heterocycles. The lowest BCUT2D eigenvalue weighted by atomic mass is 10.2. The first-order valence-electron chi connectivity index (χ1n) is 5.60. The largest absolute Gasteiger partial charge is 0.393 e. The molecule has 0 heterocycles. The zero-order chi connectivity index (χ0) is 12.0. The summed E-state index contributed by atoms with van der Waals surface area (Å²) < 4.78 is 10.8. The molecule has 0 spiro atoms. The maximum Gasteiger partial charge on any atom is 0.213 e. The van der Waals surface area contributed by atoms with E-state index < -0.39 is 14.8 Å². The smallest absolute Gasteiger partial charge is 0.213 e. The Morgan fingerprint density at radius 3 is 2.44 bits per heavy atom. The van der Waals surface area contributed by atoms with Crippen LogP contribution in [0.3, 0.4) is 0 Å². The van der Waals surface area contributed by atoms with Gasteiger partial charge in [0.05, 0.1) is 5.73 Å². The van der Waals surface area contributed by atoms with Crippen LogP contribution in [0.5, 0.6) is 0 Å². The highest BCUT2D eigenvalue weighted by Gasteiger charge is 2.24. The Kier molecular flexibility index (Phi) is 5.69.